The molecule has 3 heteroatoms. The van der Waals surface area contributed by atoms with Crippen molar-refractivity contribution in [1.82, 2.24) is 4.90 Å². The Morgan fingerprint density at radius 1 is 1.28 bits per heavy atom. The van der Waals surface area contributed by atoms with Crippen LogP contribution in [0.15, 0.2) is 0 Å². The standard InChI is InChI=1S/C15H27NO2/c1-14(2,3)18-13(17)16-9-7-15(4,8-10-16)11-12-5-6-12/h12H,5-11H2,1-4H3. The Bertz CT molecular complexity index is 307. The molecule has 0 aromatic carbocycles. The van der Waals surface area contributed by atoms with Gasteiger partial charge in [0.15, 0.2) is 0 Å². The van der Waals surface area contributed by atoms with Crippen LogP contribution in [0, 0.1) is 11.3 Å². The van der Waals surface area contributed by atoms with Gasteiger partial charge in [0.2, 0.25) is 0 Å². The smallest absolute Gasteiger partial charge is 0.410 e. The molecule has 1 aliphatic heterocycles. The summed E-state index contributed by atoms with van der Waals surface area (Å²) in [6, 6.07) is 0. The van der Waals surface area contributed by atoms with Gasteiger partial charge in [0.05, 0.1) is 0 Å². The average molecular weight is 253 g/mol. The fourth-order valence-corrected chi connectivity index (χ4v) is 2.78. The summed E-state index contributed by atoms with van der Waals surface area (Å²) in [5, 5.41) is 0. The van der Waals surface area contributed by atoms with Crippen molar-refractivity contribution in [3.63, 3.8) is 0 Å². The first-order valence-electron chi connectivity index (χ1n) is 7.25. The highest BCUT2D eigenvalue weighted by Crippen LogP contribution is 2.45. The molecule has 0 N–H and O–H groups in total. The van der Waals surface area contributed by atoms with E-state index < -0.39 is 0 Å². The van der Waals surface area contributed by atoms with E-state index in [0.29, 0.717) is 5.41 Å². The maximum Gasteiger partial charge on any atom is 0.410 e. The Hall–Kier alpha value is -0.730. The number of hydrogen-bond acceptors (Lipinski definition) is 2. The molecule has 1 aliphatic carbocycles. The highest BCUT2D eigenvalue weighted by Gasteiger charge is 2.37. The van der Waals surface area contributed by atoms with Gasteiger partial charge in [-0.05, 0) is 51.4 Å². The van der Waals surface area contributed by atoms with Crippen LogP contribution in [-0.4, -0.2) is 29.7 Å². The number of hydrogen-bond donors (Lipinski definition) is 0. The molecule has 2 aliphatic rings. The number of piperidine rings is 1. The van der Waals surface area contributed by atoms with Crippen LogP contribution < -0.4 is 0 Å². The van der Waals surface area contributed by atoms with Crippen LogP contribution in [-0.2, 0) is 4.74 Å². The lowest BCUT2D eigenvalue weighted by Gasteiger charge is -2.40. The maximum absolute atomic E-state index is 12.0. The van der Waals surface area contributed by atoms with Gasteiger partial charge in [-0.1, -0.05) is 19.8 Å². The number of rotatable bonds is 2. The van der Waals surface area contributed by atoms with Crippen LogP contribution in [0.25, 0.3) is 0 Å². The van der Waals surface area contributed by atoms with Crippen molar-refractivity contribution in [2.24, 2.45) is 11.3 Å². The van der Waals surface area contributed by atoms with E-state index in [2.05, 4.69) is 6.92 Å². The molecular weight excluding hydrogens is 226 g/mol. The minimum atomic E-state index is -0.383. The summed E-state index contributed by atoms with van der Waals surface area (Å²) in [5.74, 6) is 0.975. The zero-order valence-electron chi connectivity index (χ0n) is 12.3. The number of nitrogens with zero attached hydrogens (tertiary/aromatic N) is 1. The molecule has 2 rings (SSSR count). The van der Waals surface area contributed by atoms with Gasteiger partial charge in [-0.2, -0.15) is 0 Å². The Morgan fingerprint density at radius 2 is 1.83 bits per heavy atom. The van der Waals surface area contributed by atoms with Crippen LogP contribution in [0.3, 0.4) is 0 Å². The largest absolute Gasteiger partial charge is 0.444 e. The lowest BCUT2D eigenvalue weighted by Crippen LogP contribution is -2.44. The molecular formula is C15H27NO2. The van der Waals surface area contributed by atoms with Gasteiger partial charge in [0.25, 0.3) is 0 Å². The zero-order valence-corrected chi connectivity index (χ0v) is 12.3. The molecule has 0 radical (unpaired) electrons. The summed E-state index contributed by atoms with van der Waals surface area (Å²) in [7, 11) is 0. The van der Waals surface area contributed by atoms with E-state index >= 15 is 0 Å². The summed E-state index contributed by atoms with van der Waals surface area (Å²) in [4.78, 5) is 13.8. The SMILES string of the molecule is CC1(CC2CC2)CCN(C(=O)OC(C)(C)C)CC1. The first-order chi connectivity index (χ1) is 8.27. The summed E-state index contributed by atoms with van der Waals surface area (Å²) < 4.78 is 5.43. The monoisotopic (exact) mass is 253 g/mol. The molecule has 0 bridgehead atoms. The topological polar surface area (TPSA) is 29.5 Å². The van der Waals surface area contributed by atoms with Gasteiger partial charge in [0, 0.05) is 13.1 Å². The van der Waals surface area contributed by atoms with Gasteiger partial charge in [-0.3, -0.25) is 0 Å². The normalized spacial score (nSPS) is 23.9. The van der Waals surface area contributed by atoms with E-state index in [4.69, 9.17) is 4.74 Å². The second-order valence-corrected chi connectivity index (χ2v) is 7.43. The average Bonchev–Trinajstić information content (AvgIpc) is 2.99. The molecule has 1 saturated carbocycles. The molecule has 2 fully saturated rings. The molecule has 18 heavy (non-hydrogen) atoms. The first kappa shape index (κ1) is 13.7. The third-order valence-corrected chi connectivity index (χ3v) is 4.10. The maximum atomic E-state index is 12.0. The van der Waals surface area contributed by atoms with Gasteiger partial charge >= 0.3 is 6.09 Å². The predicted molar refractivity (Wildman–Crippen MR) is 72.5 cm³/mol. The second kappa shape index (κ2) is 4.75. The van der Waals surface area contributed by atoms with E-state index in [1.54, 1.807) is 0 Å². The number of amides is 1. The highest BCUT2D eigenvalue weighted by atomic mass is 16.6. The van der Waals surface area contributed by atoms with Gasteiger partial charge in [-0.15, -0.1) is 0 Å². The fourth-order valence-electron chi connectivity index (χ4n) is 2.78. The molecule has 1 saturated heterocycles. The molecule has 0 unspecified atom stereocenters. The second-order valence-electron chi connectivity index (χ2n) is 7.43. The Balaban J connectivity index is 1.80. The molecule has 3 nitrogen and oxygen atoms in total. The molecule has 1 heterocycles. The van der Waals surface area contributed by atoms with E-state index in [0.717, 1.165) is 31.8 Å². The quantitative estimate of drug-likeness (QED) is 0.748. The van der Waals surface area contributed by atoms with Crippen LogP contribution in [0.4, 0.5) is 4.79 Å². The van der Waals surface area contributed by atoms with E-state index in [9.17, 15) is 4.79 Å². The van der Waals surface area contributed by atoms with Crippen LogP contribution in [0.2, 0.25) is 0 Å². The summed E-state index contributed by atoms with van der Waals surface area (Å²) in [6.45, 7) is 9.87. The van der Waals surface area contributed by atoms with Gasteiger partial charge in [-0.25, -0.2) is 4.79 Å². The van der Waals surface area contributed by atoms with E-state index in [-0.39, 0.29) is 11.7 Å². The molecule has 0 aromatic heterocycles. The highest BCUT2D eigenvalue weighted by molar-refractivity contribution is 5.68. The van der Waals surface area contributed by atoms with E-state index in [1.165, 1.54) is 19.3 Å². The number of likely N-dealkylation sites (tertiary alicyclic amines) is 1. The number of carbonyl (C=O) groups is 1. The Labute approximate surface area is 111 Å². The molecule has 0 aromatic rings. The van der Waals surface area contributed by atoms with Crippen molar-refractivity contribution in [3.8, 4) is 0 Å². The zero-order chi connectivity index (χ0) is 13.4. The summed E-state index contributed by atoms with van der Waals surface area (Å²) in [5.41, 5.74) is 0.0749. The van der Waals surface area contributed by atoms with Gasteiger partial charge in [0.1, 0.15) is 5.60 Å². The summed E-state index contributed by atoms with van der Waals surface area (Å²) in [6.07, 6.45) is 6.31. The van der Waals surface area contributed by atoms with Crippen LogP contribution in [0.1, 0.15) is 59.8 Å². The Kier molecular flexibility index (Phi) is 3.61. The van der Waals surface area contributed by atoms with Crippen LogP contribution in [0.5, 0.6) is 0 Å². The van der Waals surface area contributed by atoms with Crippen molar-refractivity contribution >= 4 is 6.09 Å². The fraction of sp³-hybridized carbons (Fsp3) is 0.933. The summed E-state index contributed by atoms with van der Waals surface area (Å²) >= 11 is 0. The third kappa shape index (κ3) is 3.89. The Morgan fingerprint density at radius 3 is 2.28 bits per heavy atom. The lowest BCUT2D eigenvalue weighted by atomic mass is 9.76. The molecule has 0 atom stereocenters. The number of carbonyl (C=O) groups excluding carboxylic acids is 1. The molecule has 104 valence electrons. The predicted octanol–water partition coefficient (Wildman–Crippen LogP) is 3.82. The van der Waals surface area contributed by atoms with Crippen molar-refractivity contribution < 1.29 is 9.53 Å². The van der Waals surface area contributed by atoms with Gasteiger partial charge < -0.3 is 9.64 Å². The minimum absolute atomic E-state index is 0.143. The third-order valence-electron chi connectivity index (χ3n) is 4.10. The molecule has 1 amide bonds. The van der Waals surface area contributed by atoms with Crippen molar-refractivity contribution in [1.29, 1.82) is 0 Å². The lowest BCUT2D eigenvalue weighted by molar-refractivity contribution is 0.0105. The first-order valence-corrected chi connectivity index (χ1v) is 7.25. The van der Waals surface area contributed by atoms with Crippen molar-refractivity contribution in [2.75, 3.05) is 13.1 Å². The molecule has 0 spiro atoms. The van der Waals surface area contributed by atoms with E-state index in [1.807, 2.05) is 25.7 Å². The van der Waals surface area contributed by atoms with Crippen molar-refractivity contribution in [2.45, 2.75) is 65.4 Å². The minimum Gasteiger partial charge on any atom is -0.444 e. The number of ether oxygens (including phenoxy) is 1. The van der Waals surface area contributed by atoms with Crippen LogP contribution >= 0.6 is 0 Å². The van der Waals surface area contributed by atoms with Crippen molar-refractivity contribution in [3.05, 3.63) is 0 Å².